The number of nitrogens with one attached hydrogen (secondary N) is 1. The number of carbonyl (C=O) groups is 2. The molecule has 1 aliphatic rings. The zero-order chi connectivity index (χ0) is 24.1. The van der Waals surface area contributed by atoms with Crippen LogP contribution in [0.1, 0.15) is 22.9 Å². The molecule has 0 fully saturated rings. The average molecular weight is 481 g/mol. The Balaban J connectivity index is 1.73. The van der Waals surface area contributed by atoms with Gasteiger partial charge in [-0.15, -0.1) is 0 Å². The number of nitrogens with zero attached hydrogens (tertiary/aromatic N) is 3. The summed E-state index contributed by atoms with van der Waals surface area (Å²) in [7, 11) is 3.18. The number of benzene rings is 2. The van der Waals surface area contributed by atoms with Crippen LogP contribution in [-0.2, 0) is 20.9 Å². The molecule has 8 nitrogen and oxygen atoms in total. The second kappa shape index (κ2) is 10.8. The fraction of sp³-hybridized carbons (Fsp3) is 0.320. The lowest BCUT2D eigenvalue weighted by Crippen LogP contribution is -2.45. The summed E-state index contributed by atoms with van der Waals surface area (Å²) >= 11 is 1.41. The van der Waals surface area contributed by atoms with E-state index in [1.165, 1.54) is 11.8 Å². The molecule has 0 saturated carbocycles. The lowest BCUT2D eigenvalue weighted by atomic mass is 10.0. The maximum atomic E-state index is 13.7. The van der Waals surface area contributed by atoms with Gasteiger partial charge in [0, 0.05) is 31.3 Å². The molecule has 4 rings (SSSR count). The molecule has 0 spiro atoms. The summed E-state index contributed by atoms with van der Waals surface area (Å²) in [5.41, 5.74) is 3.19. The molecule has 1 N–H and O–H groups in total. The second-order valence-corrected chi connectivity index (χ2v) is 8.82. The van der Waals surface area contributed by atoms with Gasteiger partial charge in [-0.05, 0) is 25.1 Å². The molecule has 0 radical (unpaired) electrons. The first kappa shape index (κ1) is 23.8. The number of thioether (sulfide) groups is 1. The molecule has 178 valence electrons. The maximum absolute atomic E-state index is 13.7. The standard InChI is InChI=1S/C25H28N4O4S/c1-17-22-23(24(31)26-15-18-9-7-8-12-20(18)33-3)28(13-14-32-2)21(30)16-34-25(22)29(27-17)19-10-5-4-6-11-19/h4-12,23H,13-16H2,1-3H3,(H,26,31). The van der Waals surface area contributed by atoms with E-state index in [9.17, 15) is 9.59 Å². The summed E-state index contributed by atoms with van der Waals surface area (Å²) in [5.74, 6) is 0.523. The van der Waals surface area contributed by atoms with Gasteiger partial charge in [0.1, 0.15) is 16.8 Å². The number of methoxy groups -OCH3 is 2. The van der Waals surface area contributed by atoms with Gasteiger partial charge in [0.05, 0.1) is 30.9 Å². The minimum absolute atomic E-state index is 0.116. The molecule has 0 aliphatic carbocycles. The van der Waals surface area contributed by atoms with Crippen LogP contribution in [0.3, 0.4) is 0 Å². The number of carbonyl (C=O) groups excluding carboxylic acids is 2. The molecule has 1 unspecified atom stereocenters. The topological polar surface area (TPSA) is 85.7 Å². The molecule has 2 amide bonds. The number of rotatable bonds is 8. The Morgan fingerprint density at radius 1 is 1.15 bits per heavy atom. The molecule has 9 heteroatoms. The Morgan fingerprint density at radius 2 is 1.88 bits per heavy atom. The summed E-state index contributed by atoms with van der Waals surface area (Å²) in [4.78, 5) is 28.4. The fourth-order valence-electron chi connectivity index (χ4n) is 4.07. The lowest BCUT2D eigenvalue weighted by molar-refractivity contribution is -0.139. The zero-order valence-electron chi connectivity index (χ0n) is 19.5. The summed E-state index contributed by atoms with van der Waals surface area (Å²) in [6.45, 7) is 2.79. The summed E-state index contributed by atoms with van der Waals surface area (Å²) in [6.07, 6.45) is 0. The van der Waals surface area contributed by atoms with Crippen LogP contribution in [0.2, 0.25) is 0 Å². The van der Waals surface area contributed by atoms with Crippen molar-refractivity contribution in [1.82, 2.24) is 20.0 Å². The predicted octanol–water partition coefficient (Wildman–Crippen LogP) is 3.13. The van der Waals surface area contributed by atoms with Gasteiger partial charge < -0.3 is 19.7 Å². The van der Waals surface area contributed by atoms with Crippen LogP contribution in [0.4, 0.5) is 0 Å². The smallest absolute Gasteiger partial charge is 0.247 e. The van der Waals surface area contributed by atoms with Crippen molar-refractivity contribution in [2.24, 2.45) is 0 Å². The van der Waals surface area contributed by atoms with Crippen molar-refractivity contribution in [1.29, 1.82) is 0 Å². The summed E-state index contributed by atoms with van der Waals surface area (Å²) < 4.78 is 12.5. The van der Waals surface area contributed by atoms with Crippen LogP contribution in [0.25, 0.3) is 5.69 Å². The number of hydrogen-bond acceptors (Lipinski definition) is 6. The van der Waals surface area contributed by atoms with E-state index >= 15 is 0 Å². The molecule has 0 bridgehead atoms. The van der Waals surface area contributed by atoms with Crippen molar-refractivity contribution in [3.05, 3.63) is 71.4 Å². The van der Waals surface area contributed by atoms with E-state index in [0.29, 0.717) is 24.6 Å². The van der Waals surface area contributed by atoms with Crippen molar-refractivity contribution in [3.63, 3.8) is 0 Å². The highest BCUT2D eigenvalue weighted by molar-refractivity contribution is 8.00. The second-order valence-electron chi connectivity index (χ2n) is 7.85. The minimum atomic E-state index is -0.820. The SMILES string of the molecule is COCCN1C(=O)CSc2c(c(C)nn2-c2ccccc2)C1C(=O)NCc1ccccc1OC. The average Bonchev–Trinajstić information content (AvgIpc) is 3.11. The van der Waals surface area contributed by atoms with Crippen molar-refractivity contribution in [2.45, 2.75) is 24.5 Å². The number of aryl methyl sites for hydroxylation is 1. The highest BCUT2D eigenvalue weighted by Crippen LogP contribution is 2.38. The van der Waals surface area contributed by atoms with E-state index in [0.717, 1.165) is 21.8 Å². The Labute approximate surface area is 203 Å². The zero-order valence-corrected chi connectivity index (χ0v) is 20.3. The summed E-state index contributed by atoms with van der Waals surface area (Å²) in [6, 6.07) is 16.4. The molecular weight excluding hydrogens is 452 g/mol. The third kappa shape index (κ3) is 4.80. The Bertz CT molecular complexity index is 1160. The first-order valence-electron chi connectivity index (χ1n) is 11.0. The van der Waals surface area contributed by atoms with Crippen LogP contribution < -0.4 is 10.1 Å². The first-order chi connectivity index (χ1) is 16.5. The third-order valence-corrected chi connectivity index (χ3v) is 6.79. The largest absolute Gasteiger partial charge is 0.496 e. The number of hydrogen-bond donors (Lipinski definition) is 1. The minimum Gasteiger partial charge on any atom is -0.496 e. The predicted molar refractivity (Wildman–Crippen MR) is 130 cm³/mol. The van der Waals surface area contributed by atoms with Gasteiger partial charge in [0.15, 0.2) is 0 Å². The van der Waals surface area contributed by atoms with E-state index in [2.05, 4.69) is 5.32 Å². The van der Waals surface area contributed by atoms with Gasteiger partial charge in [-0.3, -0.25) is 9.59 Å². The highest BCUT2D eigenvalue weighted by Gasteiger charge is 2.39. The van der Waals surface area contributed by atoms with Crippen molar-refractivity contribution < 1.29 is 19.1 Å². The molecule has 1 atom stereocenters. The normalized spacial score (nSPS) is 15.6. The molecule has 0 saturated heterocycles. The monoisotopic (exact) mass is 480 g/mol. The maximum Gasteiger partial charge on any atom is 0.247 e. The Kier molecular flexibility index (Phi) is 7.54. The van der Waals surface area contributed by atoms with Gasteiger partial charge in [-0.2, -0.15) is 5.10 Å². The number of fused-ring (bicyclic) bond motifs is 1. The van der Waals surface area contributed by atoms with Crippen molar-refractivity contribution in [3.8, 4) is 11.4 Å². The van der Waals surface area contributed by atoms with Crippen LogP contribution in [0, 0.1) is 6.92 Å². The quantitative estimate of drug-likeness (QED) is 0.533. The van der Waals surface area contributed by atoms with E-state index < -0.39 is 6.04 Å². The molecule has 2 aromatic carbocycles. The van der Waals surface area contributed by atoms with Crippen molar-refractivity contribution >= 4 is 23.6 Å². The van der Waals surface area contributed by atoms with E-state index in [4.69, 9.17) is 14.6 Å². The lowest BCUT2D eigenvalue weighted by Gasteiger charge is -2.29. The van der Waals surface area contributed by atoms with Gasteiger partial charge >= 0.3 is 0 Å². The van der Waals surface area contributed by atoms with Gasteiger partial charge in [-0.1, -0.05) is 48.2 Å². The molecular formula is C25H28N4O4S. The molecule has 1 aromatic heterocycles. The first-order valence-corrected chi connectivity index (χ1v) is 12.0. The van der Waals surface area contributed by atoms with Crippen LogP contribution in [0.15, 0.2) is 59.6 Å². The molecule has 1 aliphatic heterocycles. The van der Waals surface area contributed by atoms with Crippen molar-refractivity contribution in [2.75, 3.05) is 33.1 Å². The highest BCUT2D eigenvalue weighted by atomic mass is 32.2. The number of aromatic nitrogens is 2. The fourth-order valence-corrected chi connectivity index (χ4v) is 5.18. The number of ether oxygens (including phenoxy) is 2. The number of para-hydroxylation sites is 2. The van der Waals surface area contributed by atoms with Crippen LogP contribution in [0.5, 0.6) is 5.75 Å². The van der Waals surface area contributed by atoms with Crippen LogP contribution >= 0.6 is 11.8 Å². The third-order valence-electron chi connectivity index (χ3n) is 5.73. The van der Waals surface area contributed by atoms with Gasteiger partial charge in [-0.25, -0.2) is 4.68 Å². The molecule has 34 heavy (non-hydrogen) atoms. The van der Waals surface area contributed by atoms with Crippen LogP contribution in [-0.4, -0.2) is 59.6 Å². The van der Waals surface area contributed by atoms with Gasteiger partial charge in [0.25, 0.3) is 0 Å². The Hall–Kier alpha value is -3.30. The summed E-state index contributed by atoms with van der Waals surface area (Å²) in [5, 5.41) is 8.56. The van der Waals surface area contributed by atoms with E-state index in [-0.39, 0.29) is 24.1 Å². The van der Waals surface area contributed by atoms with E-state index in [1.54, 1.807) is 19.1 Å². The van der Waals surface area contributed by atoms with Gasteiger partial charge in [0.2, 0.25) is 11.8 Å². The Morgan fingerprint density at radius 3 is 2.62 bits per heavy atom. The number of amides is 2. The van der Waals surface area contributed by atoms with E-state index in [1.807, 2.05) is 66.2 Å². The molecule has 3 aromatic rings. The molecule has 2 heterocycles.